The van der Waals surface area contributed by atoms with Gasteiger partial charge in [0.25, 0.3) is 0 Å². The Hall–Kier alpha value is -0.485. The van der Waals surface area contributed by atoms with Crippen molar-refractivity contribution in [3.8, 4) is 0 Å². The lowest BCUT2D eigenvalue weighted by atomic mass is 9.80. The standard InChI is InChI=1S/C7H9BO3S/c1-12(11)7-4-2-3-6(5-7)8(9)10/h2-5,9-10H,1H3/t12-/m0/s1. The van der Waals surface area contributed by atoms with Gasteiger partial charge in [-0.2, -0.15) is 0 Å². The molecule has 12 heavy (non-hydrogen) atoms. The summed E-state index contributed by atoms with van der Waals surface area (Å²) in [5.74, 6) is 0. The number of hydrogen-bond donors (Lipinski definition) is 2. The fourth-order valence-electron chi connectivity index (χ4n) is 0.854. The Kier molecular flexibility index (Phi) is 3.16. The lowest BCUT2D eigenvalue weighted by Crippen LogP contribution is -2.30. The van der Waals surface area contributed by atoms with Crippen molar-refractivity contribution in [2.75, 3.05) is 6.26 Å². The molecule has 1 rings (SSSR count). The summed E-state index contributed by atoms with van der Waals surface area (Å²) in [6, 6.07) is 6.41. The third kappa shape index (κ3) is 2.25. The molecule has 0 unspecified atom stereocenters. The van der Waals surface area contributed by atoms with Crippen molar-refractivity contribution in [3.05, 3.63) is 24.3 Å². The Morgan fingerprint density at radius 1 is 1.42 bits per heavy atom. The van der Waals surface area contributed by atoms with Gasteiger partial charge < -0.3 is 14.6 Å². The summed E-state index contributed by atoms with van der Waals surface area (Å²) in [6.07, 6.45) is 1.54. The molecule has 0 spiro atoms. The van der Waals surface area contributed by atoms with E-state index in [0.717, 1.165) is 0 Å². The van der Waals surface area contributed by atoms with Crippen LogP contribution < -0.4 is 5.46 Å². The summed E-state index contributed by atoms with van der Waals surface area (Å²) < 4.78 is 11.0. The van der Waals surface area contributed by atoms with Crippen molar-refractivity contribution >= 4 is 23.8 Å². The fraction of sp³-hybridized carbons (Fsp3) is 0.143. The van der Waals surface area contributed by atoms with Crippen LogP contribution in [0.5, 0.6) is 0 Å². The molecule has 0 bridgehead atoms. The van der Waals surface area contributed by atoms with Crippen LogP contribution in [0.15, 0.2) is 29.2 Å². The maximum Gasteiger partial charge on any atom is 0.488 e. The molecule has 1 aromatic carbocycles. The highest BCUT2D eigenvalue weighted by Crippen LogP contribution is 2.05. The Morgan fingerprint density at radius 2 is 2.08 bits per heavy atom. The van der Waals surface area contributed by atoms with Crippen molar-refractivity contribution in [1.82, 2.24) is 0 Å². The van der Waals surface area contributed by atoms with Gasteiger partial charge in [-0.25, -0.2) is 0 Å². The molecular weight excluding hydrogens is 175 g/mol. The second-order valence-corrected chi connectivity index (χ2v) is 3.78. The van der Waals surface area contributed by atoms with Crippen molar-refractivity contribution in [3.63, 3.8) is 0 Å². The van der Waals surface area contributed by atoms with Crippen LogP contribution in [0.2, 0.25) is 0 Å². The quantitative estimate of drug-likeness (QED) is 0.462. The minimum Gasteiger partial charge on any atom is -0.612 e. The maximum atomic E-state index is 11.0. The van der Waals surface area contributed by atoms with E-state index in [2.05, 4.69) is 0 Å². The van der Waals surface area contributed by atoms with E-state index in [1.165, 1.54) is 6.07 Å². The lowest BCUT2D eigenvalue weighted by molar-refractivity contribution is 0.425. The smallest absolute Gasteiger partial charge is 0.488 e. The normalized spacial score (nSPS) is 12.7. The van der Waals surface area contributed by atoms with Crippen molar-refractivity contribution in [1.29, 1.82) is 0 Å². The third-order valence-electron chi connectivity index (χ3n) is 1.49. The van der Waals surface area contributed by atoms with Gasteiger partial charge in [0, 0.05) is 0 Å². The fourth-order valence-corrected chi connectivity index (χ4v) is 1.43. The molecule has 64 valence electrons. The van der Waals surface area contributed by atoms with Crippen molar-refractivity contribution in [2.24, 2.45) is 0 Å². The second kappa shape index (κ2) is 3.95. The molecule has 0 aliphatic heterocycles. The van der Waals surface area contributed by atoms with E-state index in [9.17, 15) is 4.55 Å². The van der Waals surface area contributed by atoms with Gasteiger partial charge in [0.05, 0.1) is 0 Å². The molecule has 3 nitrogen and oxygen atoms in total. The Balaban J connectivity index is 2.96. The third-order valence-corrected chi connectivity index (χ3v) is 2.41. The molecule has 2 N–H and O–H groups in total. The SMILES string of the molecule is C[S@+]([O-])c1cccc(B(O)O)c1. The predicted molar refractivity (Wildman–Crippen MR) is 48.6 cm³/mol. The van der Waals surface area contributed by atoms with Crippen LogP contribution in [-0.4, -0.2) is 28.0 Å². The zero-order valence-electron chi connectivity index (χ0n) is 6.60. The molecule has 0 fully saturated rings. The van der Waals surface area contributed by atoms with Crippen molar-refractivity contribution in [2.45, 2.75) is 4.90 Å². The van der Waals surface area contributed by atoms with Gasteiger partial charge >= 0.3 is 7.12 Å². The number of rotatable bonds is 2. The van der Waals surface area contributed by atoms with Gasteiger partial charge in [-0.3, -0.25) is 0 Å². The first-order chi connectivity index (χ1) is 5.61. The minimum atomic E-state index is -1.49. The summed E-state index contributed by atoms with van der Waals surface area (Å²) in [4.78, 5) is 0.598. The Labute approximate surface area is 74.4 Å². The zero-order chi connectivity index (χ0) is 9.14. The van der Waals surface area contributed by atoms with Crippen LogP contribution in [0.4, 0.5) is 0 Å². The molecular formula is C7H9BO3S. The highest BCUT2D eigenvalue weighted by Gasteiger charge is 2.13. The van der Waals surface area contributed by atoms with Gasteiger partial charge in [0.2, 0.25) is 0 Å². The summed E-state index contributed by atoms with van der Waals surface area (Å²) in [7, 11) is -1.49. The van der Waals surface area contributed by atoms with Crippen LogP contribution >= 0.6 is 0 Å². The highest BCUT2D eigenvalue weighted by atomic mass is 32.2. The molecule has 0 aliphatic carbocycles. The van der Waals surface area contributed by atoms with E-state index in [4.69, 9.17) is 10.0 Å². The number of benzene rings is 1. The predicted octanol–water partition coefficient (Wildman–Crippen LogP) is -0.896. The molecule has 0 heterocycles. The van der Waals surface area contributed by atoms with Gasteiger partial charge in [-0.15, -0.1) is 0 Å². The van der Waals surface area contributed by atoms with E-state index in [1.54, 1.807) is 24.5 Å². The zero-order valence-corrected chi connectivity index (χ0v) is 7.41. The summed E-state index contributed by atoms with van der Waals surface area (Å²) >= 11 is -1.08. The first kappa shape index (κ1) is 9.60. The van der Waals surface area contributed by atoms with E-state index < -0.39 is 18.3 Å². The Bertz CT molecular complexity index is 241. The van der Waals surface area contributed by atoms with Gasteiger partial charge in [-0.05, 0) is 28.8 Å². The average molecular weight is 184 g/mol. The molecule has 1 aromatic rings. The largest absolute Gasteiger partial charge is 0.612 e. The maximum absolute atomic E-state index is 11.0. The first-order valence-electron chi connectivity index (χ1n) is 3.41. The van der Waals surface area contributed by atoms with Crippen molar-refractivity contribution < 1.29 is 14.6 Å². The molecule has 0 aliphatic rings. The van der Waals surface area contributed by atoms with E-state index in [-0.39, 0.29) is 0 Å². The molecule has 0 aromatic heterocycles. The van der Waals surface area contributed by atoms with E-state index in [1.807, 2.05) is 0 Å². The molecule has 0 saturated heterocycles. The molecule has 5 heteroatoms. The summed E-state index contributed by atoms with van der Waals surface area (Å²) in [5, 5.41) is 17.6. The van der Waals surface area contributed by atoms with Crippen LogP contribution in [0.1, 0.15) is 0 Å². The van der Waals surface area contributed by atoms with Crippen LogP contribution in [0, 0.1) is 0 Å². The van der Waals surface area contributed by atoms with Crippen LogP contribution in [-0.2, 0) is 11.2 Å². The molecule has 0 amide bonds. The minimum absolute atomic E-state index is 0.364. The van der Waals surface area contributed by atoms with Crippen LogP contribution in [0.3, 0.4) is 0 Å². The highest BCUT2D eigenvalue weighted by molar-refractivity contribution is 7.90. The Morgan fingerprint density at radius 3 is 2.58 bits per heavy atom. The van der Waals surface area contributed by atoms with E-state index in [0.29, 0.717) is 10.4 Å². The molecule has 0 radical (unpaired) electrons. The molecule has 0 saturated carbocycles. The summed E-state index contributed by atoms with van der Waals surface area (Å²) in [5.41, 5.74) is 0.364. The van der Waals surface area contributed by atoms with Gasteiger partial charge in [0.15, 0.2) is 4.90 Å². The second-order valence-electron chi connectivity index (χ2n) is 2.40. The average Bonchev–Trinajstić information content (AvgIpc) is 2.04. The van der Waals surface area contributed by atoms with E-state index >= 15 is 0 Å². The lowest BCUT2D eigenvalue weighted by Gasteiger charge is -2.05. The first-order valence-corrected chi connectivity index (χ1v) is 4.96. The summed E-state index contributed by atoms with van der Waals surface area (Å²) in [6.45, 7) is 0. The monoisotopic (exact) mass is 184 g/mol. The molecule has 1 atom stereocenters. The topological polar surface area (TPSA) is 63.5 Å². The number of hydrogen-bond acceptors (Lipinski definition) is 3. The van der Waals surface area contributed by atoms with Crippen LogP contribution in [0.25, 0.3) is 0 Å². The van der Waals surface area contributed by atoms with Gasteiger partial charge in [0.1, 0.15) is 6.26 Å². The van der Waals surface area contributed by atoms with Gasteiger partial charge in [-0.1, -0.05) is 12.1 Å².